The van der Waals surface area contributed by atoms with Gasteiger partial charge in [0.2, 0.25) is 5.88 Å². The molecule has 28 heavy (non-hydrogen) atoms. The van der Waals surface area contributed by atoms with Crippen molar-refractivity contribution in [2.45, 2.75) is 66.0 Å². The van der Waals surface area contributed by atoms with Crippen molar-refractivity contribution in [1.82, 2.24) is 20.8 Å². The first-order chi connectivity index (χ1) is 13.7. The number of hydrogen-bond acceptors (Lipinski definition) is 5. The molecule has 0 aliphatic heterocycles. The number of pyridine rings is 1. The number of nitrogens with zero attached hydrogens (tertiary/aromatic N) is 3. The molecular weight excluding hydrogens is 354 g/mol. The summed E-state index contributed by atoms with van der Waals surface area (Å²) in [6.45, 7) is 10.9. The van der Waals surface area contributed by atoms with Crippen LogP contribution in [0, 0.1) is 0 Å². The lowest BCUT2D eigenvalue weighted by molar-refractivity contribution is 0.302. The highest BCUT2D eigenvalue weighted by Crippen LogP contribution is 2.22. The molecule has 2 aromatic heterocycles. The number of ether oxygens (including phenoxy) is 1. The first-order valence-electron chi connectivity index (χ1n) is 10.3. The van der Waals surface area contributed by atoms with Crippen molar-refractivity contribution in [3.8, 4) is 5.88 Å². The molecule has 0 spiro atoms. The number of guanidine groups is 1. The van der Waals surface area contributed by atoms with E-state index >= 15 is 0 Å². The molecule has 0 fully saturated rings. The lowest BCUT2D eigenvalue weighted by Gasteiger charge is -2.11. The Morgan fingerprint density at radius 2 is 2.04 bits per heavy atom. The van der Waals surface area contributed by atoms with Crippen LogP contribution >= 0.6 is 0 Å². The van der Waals surface area contributed by atoms with Gasteiger partial charge in [0.1, 0.15) is 0 Å². The summed E-state index contributed by atoms with van der Waals surface area (Å²) in [7, 11) is 0. The molecule has 0 saturated carbocycles. The van der Waals surface area contributed by atoms with E-state index in [1.165, 1.54) is 0 Å². The minimum atomic E-state index is 0.450. The van der Waals surface area contributed by atoms with E-state index < -0.39 is 0 Å². The van der Waals surface area contributed by atoms with Gasteiger partial charge >= 0.3 is 0 Å². The normalized spacial score (nSPS) is 11.7. The molecule has 0 bridgehead atoms. The number of aliphatic imine (C=N–C) groups is 1. The summed E-state index contributed by atoms with van der Waals surface area (Å²) in [5.74, 6) is 2.62. The van der Waals surface area contributed by atoms with Crippen molar-refractivity contribution < 1.29 is 9.26 Å². The fourth-order valence-corrected chi connectivity index (χ4v) is 2.86. The minimum absolute atomic E-state index is 0.450. The van der Waals surface area contributed by atoms with E-state index in [9.17, 15) is 0 Å². The molecule has 0 saturated heterocycles. The number of aromatic nitrogens is 2. The minimum Gasteiger partial charge on any atom is -0.477 e. The SMILES string of the molecule is CCCOc1ncccc1CN=C(NCC)NCc1cc(C(CC)CC)no1. The Bertz CT molecular complexity index is 725. The second kappa shape index (κ2) is 12.0. The zero-order valence-electron chi connectivity index (χ0n) is 17.5. The molecule has 2 N–H and O–H groups in total. The van der Waals surface area contributed by atoms with Gasteiger partial charge in [0.05, 0.1) is 25.4 Å². The summed E-state index contributed by atoms with van der Waals surface area (Å²) in [6, 6.07) is 5.92. The van der Waals surface area contributed by atoms with Gasteiger partial charge in [0.25, 0.3) is 0 Å². The molecule has 0 amide bonds. The van der Waals surface area contributed by atoms with Crippen LogP contribution in [0.4, 0.5) is 0 Å². The van der Waals surface area contributed by atoms with Gasteiger partial charge in [-0.2, -0.15) is 0 Å². The third kappa shape index (κ3) is 6.55. The summed E-state index contributed by atoms with van der Waals surface area (Å²) < 4.78 is 11.2. The zero-order valence-corrected chi connectivity index (χ0v) is 17.5. The Hall–Kier alpha value is -2.57. The fraction of sp³-hybridized carbons (Fsp3) is 0.571. The van der Waals surface area contributed by atoms with E-state index in [0.717, 1.165) is 42.8 Å². The van der Waals surface area contributed by atoms with Crippen molar-refractivity contribution in [3.63, 3.8) is 0 Å². The van der Waals surface area contributed by atoms with Crippen LogP contribution in [-0.2, 0) is 13.1 Å². The molecular formula is C21H33N5O2. The van der Waals surface area contributed by atoms with Crippen molar-refractivity contribution in [3.05, 3.63) is 41.4 Å². The third-order valence-electron chi connectivity index (χ3n) is 4.46. The molecule has 0 aliphatic carbocycles. The molecule has 0 aromatic carbocycles. The molecule has 2 aromatic rings. The predicted molar refractivity (Wildman–Crippen MR) is 112 cm³/mol. The maximum atomic E-state index is 5.71. The van der Waals surface area contributed by atoms with Crippen LogP contribution in [0.1, 0.15) is 69.9 Å². The summed E-state index contributed by atoms with van der Waals surface area (Å²) >= 11 is 0. The Labute approximate surface area is 168 Å². The lowest BCUT2D eigenvalue weighted by atomic mass is 9.99. The van der Waals surface area contributed by atoms with Crippen molar-refractivity contribution >= 4 is 5.96 Å². The van der Waals surface area contributed by atoms with Gasteiger partial charge in [0.15, 0.2) is 11.7 Å². The number of hydrogen-bond donors (Lipinski definition) is 2. The molecule has 154 valence electrons. The fourth-order valence-electron chi connectivity index (χ4n) is 2.86. The molecule has 0 atom stereocenters. The maximum Gasteiger partial charge on any atom is 0.218 e. The van der Waals surface area contributed by atoms with E-state index in [1.54, 1.807) is 6.20 Å². The van der Waals surface area contributed by atoms with E-state index in [1.807, 2.05) is 25.1 Å². The van der Waals surface area contributed by atoms with Crippen LogP contribution in [-0.4, -0.2) is 29.3 Å². The summed E-state index contributed by atoms with van der Waals surface area (Å²) in [4.78, 5) is 8.97. The first kappa shape index (κ1) is 21.7. The van der Waals surface area contributed by atoms with Gasteiger partial charge < -0.3 is 19.9 Å². The molecule has 2 heterocycles. The Kier molecular flexibility index (Phi) is 9.31. The smallest absolute Gasteiger partial charge is 0.218 e. The van der Waals surface area contributed by atoms with Gasteiger partial charge in [-0.05, 0) is 32.3 Å². The van der Waals surface area contributed by atoms with E-state index in [-0.39, 0.29) is 0 Å². The first-order valence-corrected chi connectivity index (χ1v) is 10.3. The quantitative estimate of drug-likeness (QED) is 0.447. The molecule has 2 rings (SSSR count). The second-order valence-electron chi connectivity index (χ2n) is 6.60. The van der Waals surface area contributed by atoms with E-state index in [4.69, 9.17) is 9.26 Å². The van der Waals surface area contributed by atoms with Crippen LogP contribution in [0.2, 0.25) is 0 Å². The average molecular weight is 388 g/mol. The van der Waals surface area contributed by atoms with Gasteiger partial charge in [-0.3, -0.25) is 0 Å². The highest BCUT2D eigenvalue weighted by Gasteiger charge is 2.13. The lowest BCUT2D eigenvalue weighted by Crippen LogP contribution is -2.36. The van der Waals surface area contributed by atoms with E-state index in [2.05, 4.69) is 46.5 Å². The Balaban J connectivity index is 1.99. The van der Waals surface area contributed by atoms with Crippen LogP contribution < -0.4 is 15.4 Å². The summed E-state index contributed by atoms with van der Waals surface area (Å²) in [6.07, 6.45) is 4.81. The number of rotatable bonds is 11. The molecule has 7 heteroatoms. The van der Waals surface area contributed by atoms with Gasteiger partial charge in [-0.1, -0.05) is 32.0 Å². The van der Waals surface area contributed by atoms with Crippen molar-refractivity contribution in [1.29, 1.82) is 0 Å². The summed E-state index contributed by atoms with van der Waals surface area (Å²) in [5, 5.41) is 10.8. The summed E-state index contributed by atoms with van der Waals surface area (Å²) in [5.41, 5.74) is 1.99. The average Bonchev–Trinajstić information content (AvgIpc) is 3.19. The van der Waals surface area contributed by atoms with Gasteiger partial charge in [-0.15, -0.1) is 0 Å². The third-order valence-corrected chi connectivity index (χ3v) is 4.46. The standard InChI is InChI=1S/C21H33N5O2/c1-5-12-27-20-17(10-9-11-23-20)14-24-21(22-8-4)25-15-18-13-19(26-28-18)16(6-2)7-3/h9-11,13,16H,5-8,12,14-15H2,1-4H3,(H2,22,24,25). The van der Waals surface area contributed by atoms with Crippen LogP contribution in [0.15, 0.2) is 33.9 Å². The Morgan fingerprint density at radius 1 is 1.21 bits per heavy atom. The molecule has 7 nitrogen and oxygen atoms in total. The van der Waals surface area contributed by atoms with Crippen LogP contribution in [0.3, 0.4) is 0 Å². The second-order valence-corrected chi connectivity index (χ2v) is 6.60. The zero-order chi connectivity index (χ0) is 20.2. The topological polar surface area (TPSA) is 84.6 Å². The predicted octanol–water partition coefficient (Wildman–Crippen LogP) is 4.02. The highest BCUT2D eigenvalue weighted by molar-refractivity contribution is 5.79. The molecule has 0 radical (unpaired) electrons. The maximum absolute atomic E-state index is 5.71. The number of nitrogens with one attached hydrogen (secondary N) is 2. The van der Waals surface area contributed by atoms with Crippen molar-refractivity contribution in [2.24, 2.45) is 4.99 Å². The van der Waals surface area contributed by atoms with E-state index in [0.29, 0.717) is 37.5 Å². The van der Waals surface area contributed by atoms with Gasteiger partial charge in [-0.25, -0.2) is 9.98 Å². The molecule has 0 unspecified atom stereocenters. The van der Waals surface area contributed by atoms with Gasteiger partial charge in [0, 0.05) is 30.3 Å². The van der Waals surface area contributed by atoms with Crippen LogP contribution in [0.25, 0.3) is 0 Å². The monoisotopic (exact) mass is 387 g/mol. The highest BCUT2D eigenvalue weighted by atomic mass is 16.5. The van der Waals surface area contributed by atoms with Crippen LogP contribution in [0.5, 0.6) is 5.88 Å². The Morgan fingerprint density at radius 3 is 2.75 bits per heavy atom. The molecule has 0 aliphatic rings. The van der Waals surface area contributed by atoms with Crippen molar-refractivity contribution in [2.75, 3.05) is 13.2 Å². The largest absolute Gasteiger partial charge is 0.477 e.